The summed E-state index contributed by atoms with van der Waals surface area (Å²) in [6.45, 7) is 2.77. The van der Waals surface area contributed by atoms with E-state index < -0.39 is 0 Å². The highest BCUT2D eigenvalue weighted by molar-refractivity contribution is 5.85. The summed E-state index contributed by atoms with van der Waals surface area (Å²) in [5.41, 5.74) is 6.69. The van der Waals surface area contributed by atoms with E-state index in [0.717, 1.165) is 30.8 Å². The standard InChI is InChI=1S/C14H18N2O2/c15-7-10-5-6-16(8-10)14(17)12-9-18-13-4-2-1-3-11(12)13/h1-4,10,12H,5-9,15H2/t10-,12-/m0/s1. The SMILES string of the molecule is NC[C@@H]1CCN(C(=O)[C@H]2COc3ccccc32)C1. The van der Waals surface area contributed by atoms with Gasteiger partial charge in [0, 0.05) is 18.7 Å². The first-order chi connectivity index (χ1) is 8.79. The Labute approximate surface area is 107 Å². The molecule has 18 heavy (non-hydrogen) atoms. The molecule has 96 valence electrons. The van der Waals surface area contributed by atoms with Gasteiger partial charge in [-0.2, -0.15) is 0 Å². The van der Waals surface area contributed by atoms with Crippen LogP contribution in [-0.4, -0.2) is 37.0 Å². The van der Waals surface area contributed by atoms with Crippen LogP contribution >= 0.6 is 0 Å². The number of nitrogens with two attached hydrogens (primary N) is 1. The van der Waals surface area contributed by atoms with Crippen molar-refractivity contribution in [3.63, 3.8) is 0 Å². The van der Waals surface area contributed by atoms with Crippen LogP contribution in [0.5, 0.6) is 5.75 Å². The van der Waals surface area contributed by atoms with E-state index in [4.69, 9.17) is 10.5 Å². The second-order valence-corrected chi connectivity index (χ2v) is 5.08. The van der Waals surface area contributed by atoms with Gasteiger partial charge in [0.1, 0.15) is 18.3 Å². The van der Waals surface area contributed by atoms with Crippen LogP contribution in [0.4, 0.5) is 0 Å². The molecular formula is C14H18N2O2. The molecule has 0 aliphatic carbocycles. The van der Waals surface area contributed by atoms with Gasteiger partial charge < -0.3 is 15.4 Å². The van der Waals surface area contributed by atoms with Crippen LogP contribution in [0.2, 0.25) is 0 Å². The number of hydrogen-bond donors (Lipinski definition) is 1. The van der Waals surface area contributed by atoms with E-state index in [1.807, 2.05) is 29.2 Å². The number of fused-ring (bicyclic) bond motifs is 1. The molecule has 1 saturated heterocycles. The molecule has 0 bridgehead atoms. The number of carbonyl (C=O) groups is 1. The molecule has 2 aliphatic rings. The van der Waals surface area contributed by atoms with E-state index in [-0.39, 0.29) is 11.8 Å². The average Bonchev–Trinajstić information content (AvgIpc) is 3.04. The molecule has 2 N–H and O–H groups in total. The molecule has 0 radical (unpaired) electrons. The van der Waals surface area contributed by atoms with Crippen LogP contribution in [0.25, 0.3) is 0 Å². The van der Waals surface area contributed by atoms with Gasteiger partial charge in [0.15, 0.2) is 0 Å². The van der Waals surface area contributed by atoms with Gasteiger partial charge in [-0.25, -0.2) is 0 Å². The maximum absolute atomic E-state index is 12.5. The van der Waals surface area contributed by atoms with E-state index in [2.05, 4.69) is 0 Å². The fraction of sp³-hybridized carbons (Fsp3) is 0.500. The molecule has 3 rings (SSSR count). The van der Waals surface area contributed by atoms with Crippen LogP contribution in [0.3, 0.4) is 0 Å². The number of benzene rings is 1. The van der Waals surface area contributed by atoms with Gasteiger partial charge in [-0.3, -0.25) is 4.79 Å². The maximum atomic E-state index is 12.5. The first kappa shape index (κ1) is 11.5. The molecule has 2 heterocycles. The van der Waals surface area contributed by atoms with Crippen molar-refractivity contribution < 1.29 is 9.53 Å². The topological polar surface area (TPSA) is 55.6 Å². The number of carbonyl (C=O) groups excluding carboxylic acids is 1. The second-order valence-electron chi connectivity index (χ2n) is 5.08. The lowest BCUT2D eigenvalue weighted by molar-refractivity contribution is -0.132. The summed E-state index contributed by atoms with van der Waals surface area (Å²) in [4.78, 5) is 14.4. The van der Waals surface area contributed by atoms with Crippen molar-refractivity contribution in [3.8, 4) is 5.75 Å². The Balaban J connectivity index is 1.75. The van der Waals surface area contributed by atoms with Crippen LogP contribution in [-0.2, 0) is 4.79 Å². The molecular weight excluding hydrogens is 228 g/mol. The van der Waals surface area contributed by atoms with Crippen LogP contribution < -0.4 is 10.5 Å². The summed E-state index contributed by atoms with van der Waals surface area (Å²) in [6, 6.07) is 7.81. The lowest BCUT2D eigenvalue weighted by Gasteiger charge is -2.19. The van der Waals surface area contributed by atoms with Gasteiger partial charge in [0.2, 0.25) is 5.91 Å². The number of likely N-dealkylation sites (tertiary alicyclic amines) is 1. The monoisotopic (exact) mass is 246 g/mol. The van der Waals surface area contributed by atoms with Crippen molar-refractivity contribution in [1.82, 2.24) is 4.90 Å². The molecule has 1 fully saturated rings. The predicted molar refractivity (Wildman–Crippen MR) is 68.4 cm³/mol. The van der Waals surface area contributed by atoms with Gasteiger partial charge in [-0.1, -0.05) is 18.2 Å². The third-order valence-electron chi connectivity index (χ3n) is 3.93. The number of ether oxygens (including phenoxy) is 1. The summed E-state index contributed by atoms with van der Waals surface area (Å²) in [6.07, 6.45) is 1.03. The molecule has 1 aromatic rings. The minimum atomic E-state index is -0.127. The summed E-state index contributed by atoms with van der Waals surface area (Å²) in [5.74, 6) is 1.38. The highest BCUT2D eigenvalue weighted by atomic mass is 16.5. The van der Waals surface area contributed by atoms with Gasteiger partial charge in [-0.05, 0) is 24.9 Å². The third-order valence-corrected chi connectivity index (χ3v) is 3.93. The number of para-hydroxylation sites is 1. The second kappa shape index (κ2) is 4.61. The van der Waals surface area contributed by atoms with E-state index >= 15 is 0 Å². The van der Waals surface area contributed by atoms with Gasteiger partial charge in [0.05, 0.1) is 0 Å². The third kappa shape index (κ3) is 1.86. The Morgan fingerprint density at radius 1 is 1.44 bits per heavy atom. The Hall–Kier alpha value is -1.55. The zero-order chi connectivity index (χ0) is 12.5. The zero-order valence-corrected chi connectivity index (χ0v) is 10.3. The highest BCUT2D eigenvalue weighted by Crippen LogP contribution is 2.35. The number of rotatable bonds is 2. The lowest BCUT2D eigenvalue weighted by Crippen LogP contribution is -2.34. The lowest BCUT2D eigenvalue weighted by atomic mass is 10.00. The highest BCUT2D eigenvalue weighted by Gasteiger charge is 2.35. The molecule has 0 unspecified atom stereocenters. The number of amides is 1. The van der Waals surface area contributed by atoms with Crippen molar-refractivity contribution in [2.75, 3.05) is 26.2 Å². The Morgan fingerprint density at radius 3 is 3.06 bits per heavy atom. The molecule has 2 aliphatic heterocycles. The van der Waals surface area contributed by atoms with Crippen LogP contribution in [0.1, 0.15) is 17.9 Å². The summed E-state index contributed by atoms with van der Waals surface area (Å²) in [5, 5.41) is 0. The Bertz CT molecular complexity index is 461. The fourth-order valence-electron chi connectivity index (χ4n) is 2.81. The van der Waals surface area contributed by atoms with E-state index in [1.165, 1.54) is 0 Å². The van der Waals surface area contributed by atoms with E-state index in [1.54, 1.807) is 0 Å². The maximum Gasteiger partial charge on any atom is 0.233 e. The average molecular weight is 246 g/mol. The van der Waals surface area contributed by atoms with Gasteiger partial charge >= 0.3 is 0 Å². The molecule has 0 spiro atoms. The normalized spacial score (nSPS) is 25.9. The molecule has 1 amide bonds. The van der Waals surface area contributed by atoms with Gasteiger partial charge in [-0.15, -0.1) is 0 Å². The summed E-state index contributed by atoms with van der Waals surface area (Å²) in [7, 11) is 0. The van der Waals surface area contributed by atoms with E-state index in [0.29, 0.717) is 19.1 Å². The number of hydrogen-bond acceptors (Lipinski definition) is 3. The van der Waals surface area contributed by atoms with Crippen molar-refractivity contribution >= 4 is 5.91 Å². The van der Waals surface area contributed by atoms with Crippen molar-refractivity contribution in [1.29, 1.82) is 0 Å². The zero-order valence-electron chi connectivity index (χ0n) is 10.3. The Morgan fingerprint density at radius 2 is 2.28 bits per heavy atom. The minimum absolute atomic E-state index is 0.127. The van der Waals surface area contributed by atoms with Crippen molar-refractivity contribution in [3.05, 3.63) is 29.8 Å². The first-order valence-electron chi connectivity index (χ1n) is 6.50. The molecule has 2 atom stereocenters. The molecule has 4 heteroatoms. The van der Waals surface area contributed by atoms with Crippen LogP contribution in [0, 0.1) is 5.92 Å². The van der Waals surface area contributed by atoms with Crippen molar-refractivity contribution in [2.24, 2.45) is 11.7 Å². The summed E-state index contributed by atoms with van der Waals surface area (Å²) < 4.78 is 5.57. The Kier molecular flexibility index (Phi) is 2.96. The molecule has 0 saturated carbocycles. The predicted octanol–water partition coefficient (Wildman–Crippen LogP) is 0.970. The largest absolute Gasteiger partial charge is 0.492 e. The molecule has 4 nitrogen and oxygen atoms in total. The fourth-order valence-corrected chi connectivity index (χ4v) is 2.81. The van der Waals surface area contributed by atoms with E-state index in [9.17, 15) is 4.79 Å². The number of nitrogens with zero attached hydrogens (tertiary/aromatic N) is 1. The smallest absolute Gasteiger partial charge is 0.233 e. The quantitative estimate of drug-likeness (QED) is 0.846. The van der Waals surface area contributed by atoms with Crippen LogP contribution in [0.15, 0.2) is 24.3 Å². The molecule has 0 aromatic heterocycles. The first-order valence-corrected chi connectivity index (χ1v) is 6.50. The minimum Gasteiger partial charge on any atom is -0.492 e. The van der Waals surface area contributed by atoms with Crippen molar-refractivity contribution in [2.45, 2.75) is 12.3 Å². The summed E-state index contributed by atoms with van der Waals surface area (Å²) >= 11 is 0. The van der Waals surface area contributed by atoms with Gasteiger partial charge in [0.25, 0.3) is 0 Å². The molecule has 1 aromatic carbocycles.